The number of hydrogen-bond acceptors (Lipinski definition) is 1. The Hall–Kier alpha value is -1.42. The van der Waals surface area contributed by atoms with Crippen molar-refractivity contribution in [2.45, 2.75) is 30.6 Å². The first kappa shape index (κ1) is 17.4. The van der Waals surface area contributed by atoms with Crippen molar-refractivity contribution >= 4 is 68.2 Å². The van der Waals surface area contributed by atoms with Gasteiger partial charge in [0.1, 0.15) is 0 Å². The van der Waals surface area contributed by atoms with Gasteiger partial charge in [-0.25, -0.2) is 0 Å². The van der Waals surface area contributed by atoms with Gasteiger partial charge in [-0.3, -0.25) is 4.79 Å². The summed E-state index contributed by atoms with van der Waals surface area (Å²) >= 11 is 17.0. The van der Waals surface area contributed by atoms with Gasteiger partial charge in [0.2, 0.25) is 0 Å². The quantitative estimate of drug-likeness (QED) is 0.542. The van der Waals surface area contributed by atoms with Crippen molar-refractivity contribution in [3.8, 4) is 0 Å². The summed E-state index contributed by atoms with van der Waals surface area (Å²) in [7, 11) is 0. The summed E-state index contributed by atoms with van der Waals surface area (Å²) in [6.07, 6.45) is 0. The molecule has 0 bridgehead atoms. The van der Waals surface area contributed by atoms with E-state index >= 15 is 0 Å². The number of nitrogens with zero attached hydrogens (tertiary/aromatic N) is 1. The van der Waals surface area contributed by atoms with Crippen molar-refractivity contribution < 1.29 is 4.79 Å². The lowest BCUT2D eigenvalue weighted by atomic mass is 10.1. The van der Waals surface area contributed by atoms with E-state index in [-0.39, 0.29) is 0 Å². The Bertz CT molecular complexity index is 939. The Morgan fingerprint density at radius 2 is 1.75 bits per heavy atom. The number of aromatic nitrogens is 1. The van der Waals surface area contributed by atoms with Gasteiger partial charge in [-0.2, -0.15) is 0 Å². The lowest BCUT2D eigenvalue weighted by Crippen LogP contribution is -2.27. The first-order valence-electron chi connectivity index (χ1n) is 7.62. The maximum absolute atomic E-state index is 12.0. The van der Waals surface area contributed by atoms with Crippen molar-refractivity contribution in [1.29, 1.82) is 0 Å². The third kappa shape index (κ3) is 2.85. The van der Waals surface area contributed by atoms with Crippen LogP contribution in [0, 0.1) is 6.92 Å². The zero-order valence-electron chi connectivity index (χ0n) is 13.5. The summed E-state index contributed by atoms with van der Waals surface area (Å²) in [5, 5.41) is 4.94. The number of carbonyl (C=O) groups excluding carboxylic acids is 1. The van der Waals surface area contributed by atoms with Crippen LogP contribution in [0.3, 0.4) is 0 Å². The predicted octanol–water partition coefficient (Wildman–Crippen LogP) is 5.99. The lowest BCUT2D eigenvalue weighted by Gasteiger charge is -2.15. The Kier molecular flexibility index (Phi) is 4.45. The topological polar surface area (TPSA) is 34.0 Å². The largest absolute Gasteiger partial charge is 0.338 e. The lowest BCUT2D eigenvalue weighted by molar-refractivity contribution is -0.115. The van der Waals surface area contributed by atoms with Crippen molar-refractivity contribution in [2.75, 3.05) is 5.32 Å². The number of hydrogen-bond donors (Lipinski definition) is 1. The number of para-hydroxylation sites is 1. The Balaban J connectivity index is 2.26. The molecule has 126 valence electrons. The molecule has 0 aliphatic carbocycles. The molecule has 0 aliphatic rings. The van der Waals surface area contributed by atoms with Crippen molar-refractivity contribution in [2.24, 2.45) is 0 Å². The molecule has 0 fully saturated rings. The van der Waals surface area contributed by atoms with E-state index in [1.165, 1.54) is 0 Å². The fraction of sp³-hybridized carbons (Fsp3) is 0.278. The van der Waals surface area contributed by atoms with E-state index in [0.717, 1.165) is 27.4 Å². The number of anilines is 1. The molecule has 0 spiro atoms. The molecule has 6 heteroatoms. The average molecular weight is 384 g/mol. The maximum Gasteiger partial charge on any atom is 0.276 e. The van der Waals surface area contributed by atoms with Crippen LogP contribution >= 0.6 is 34.8 Å². The predicted molar refractivity (Wildman–Crippen MR) is 103 cm³/mol. The molecule has 0 atom stereocenters. The molecular formula is C18H17Cl3N2O. The summed E-state index contributed by atoms with van der Waals surface area (Å²) < 4.78 is 0.297. The molecule has 1 N–H and O–H groups in total. The molecule has 0 aliphatic heterocycles. The molecule has 0 saturated carbocycles. The van der Waals surface area contributed by atoms with E-state index in [4.69, 9.17) is 34.8 Å². The third-order valence-electron chi connectivity index (χ3n) is 4.16. The second-order valence-electron chi connectivity index (χ2n) is 6.07. The van der Waals surface area contributed by atoms with E-state index in [0.29, 0.717) is 11.7 Å². The number of nitrogens with one attached hydrogen (secondary N) is 1. The first-order chi connectivity index (χ1) is 11.2. The second-order valence-corrected chi connectivity index (χ2v) is 8.35. The zero-order chi connectivity index (χ0) is 17.6. The molecule has 1 heterocycles. The smallest absolute Gasteiger partial charge is 0.276 e. The van der Waals surface area contributed by atoms with Gasteiger partial charge in [0.25, 0.3) is 9.70 Å². The van der Waals surface area contributed by atoms with Crippen molar-refractivity contribution in [1.82, 2.24) is 4.57 Å². The zero-order valence-corrected chi connectivity index (χ0v) is 15.8. The summed E-state index contributed by atoms with van der Waals surface area (Å²) in [5.41, 5.74) is 3.88. The van der Waals surface area contributed by atoms with E-state index < -0.39 is 9.70 Å². The van der Waals surface area contributed by atoms with Gasteiger partial charge in [-0.1, -0.05) is 53.0 Å². The summed E-state index contributed by atoms with van der Waals surface area (Å²) in [5.74, 6) is -0.664. The highest BCUT2D eigenvalue weighted by Crippen LogP contribution is 2.37. The van der Waals surface area contributed by atoms with Gasteiger partial charge in [-0.05, 0) is 44.5 Å². The number of alkyl halides is 3. The first-order valence-corrected chi connectivity index (χ1v) is 8.75. The highest BCUT2D eigenvalue weighted by Gasteiger charge is 2.31. The van der Waals surface area contributed by atoms with Crippen LogP contribution in [-0.2, 0) is 4.79 Å². The van der Waals surface area contributed by atoms with Crippen LogP contribution in [0.25, 0.3) is 21.8 Å². The molecule has 24 heavy (non-hydrogen) atoms. The molecule has 3 rings (SSSR count). The number of aryl methyl sites for hydroxylation is 1. The standard InChI is InChI=1S/C18H17Cl3N2O/c1-10(2)23-14-7-5-4-6-12(14)16-11(3)13(8-9-15(16)23)22-17(24)18(19,20)21/h4-10H,1-3H3,(H,22,24). The van der Waals surface area contributed by atoms with Crippen LogP contribution in [0.1, 0.15) is 25.5 Å². The summed E-state index contributed by atoms with van der Waals surface area (Å²) in [4.78, 5) is 12.0. The number of fused-ring (bicyclic) bond motifs is 3. The summed E-state index contributed by atoms with van der Waals surface area (Å²) in [6.45, 7) is 6.27. The van der Waals surface area contributed by atoms with E-state index in [1.807, 2.05) is 31.2 Å². The molecule has 0 radical (unpaired) electrons. The van der Waals surface area contributed by atoms with Crippen molar-refractivity contribution in [3.05, 3.63) is 42.0 Å². The van der Waals surface area contributed by atoms with Gasteiger partial charge in [0, 0.05) is 33.5 Å². The molecule has 1 amide bonds. The normalized spacial score (nSPS) is 12.3. The van der Waals surface area contributed by atoms with E-state index in [9.17, 15) is 4.79 Å². The molecule has 1 aromatic heterocycles. The molecule has 0 saturated heterocycles. The average Bonchev–Trinajstić information content (AvgIpc) is 2.84. The van der Waals surface area contributed by atoms with Crippen molar-refractivity contribution in [3.63, 3.8) is 0 Å². The van der Waals surface area contributed by atoms with Crippen LogP contribution in [-0.4, -0.2) is 14.3 Å². The number of rotatable bonds is 2. The maximum atomic E-state index is 12.0. The molecule has 2 aromatic carbocycles. The van der Waals surface area contributed by atoms with Crippen LogP contribution in [0.2, 0.25) is 0 Å². The molecule has 0 unspecified atom stereocenters. The Morgan fingerprint density at radius 3 is 2.38 bits per heavy atom. The minimum absolute atomic E-state index is 0.313. The highest BCUT2D eigenvalue weighted by molar-refractivity contribution is 6.76. The minimum Gasteiger partial charge on any atom is -0.338 e. The minimum atomic E-state index is -1.99. The number of halogens is 3. The van der Waals surface area contributed by atoms with Crippen LogP contribution in [0.5, 0.6) is 0 Å². The Morgan fingerprint density at radius 1 is 1.08 bits per heavy atom. The number of amides is 1. The summed E-state index contributed by atoms with van der Waals surface area (Å²) in [6, 6.07) is 12.4. The van der Waals surface area contributed by atoms with E-state index in [2.05, 4.69) is 35.9 Å². The Labute approximate surface area is 155 Å². The van der Waals surface area contributed by atoms with Gasteiger partial charge < -0.3 is 9.88 Å². The van der Waals surface area contributed by atoms with Gasteiger partial charge in [-0.15, -0.1) is 0 Å². The van der Waals surface area contributed by atoms with Crippen LogP contribution in [0.15, 0.2) is 36.4 Å². The van der Waals surface area contributed by atoms with E-state index in [1.54, 1.807) is 0 Å². The molecule has 3 aromatic rings. The van der Waals surface area contributed by atoms with Gasteiger partial charge in [0.15, 0.2) is 0 Å². The molecule has 3 nitrogen and oxygen atoms in total. The second kappa shape index (κ2) is 6.14. The van der Waals surface area contributed by atoms with Crippen LogP contribution in [0.4, 0.5) is 5.69 Å². The van der Waals surface area contributed by atoms with Gasteiger partial charge in [0.05, 0.1) is 0 Å². The number of benzene rings is 2. The third-order valence-corrected chi connectivity index (χ3v) is 4.67. The van der Waals surface area contributed by atoms with Gasteiger partial charge >= 0.3 is 0 Å². The fourth-order valence-electron chi connectivity index (χ4n) is 3.15. The monoisotopic (exact) mass is 382 g/mol. The highest BCUT2D eigenvalue weighted by atomic mass is 35.6. The number of carbonyl (C=O) groups is 1. The fourth-order valence-corrected chi connectivity index (χ4v) is 3.29. The SMILES string of the molecule is Cc1c(NC(=O)C(Cl)(Cl)Cl)ccc2c1c1ccccc1n2C(C)C. The molecular weight excluding hydrogens is 367 g/mol. The van der Waals surface area contributed by atoms with Crippen LogP contribution < -0.4 is 5.32 Å².